The van der Waals surface area contributed by atoms with E-state index in [2.05, 4.69) is 11.8 Å². The summed E-state index contributed by atoms with van der Waals surface area (Å²) in [5.74, 6) is -0.183. The number of primary amides is 1. The Morgan fingerprint density at radius 1 is 1.50 bits per heavy atom. The number of aliphatic hydroxyl groups is 1. The van der Waals surface area contributed by atoms with Gasteiger partial charge in [-0.3, -0.25) is 4.79 Å². The van der Waals surface area contributed by atoms with E-state index in [1.54, 1.807) is 0 Å². The molecule has 106 valence electrons. The van der Waals surface area contributed by atoms with Crippen LogP contribution in [0.4, 0.5) is 0 Å². The summed E-state index contributed by atoms with van der Waals surface area (Å²) in [7, 11) is 0. The molecule has 1 aliphatic heterocycles. The molecule has 5 nitrogen and oxygen atoms in total. The van der Waals surface area contributed by atoms with E-state index in [9.17, 15) is 9.90 Å². The minimum absolute atomic E-state index is 0.0131. The topological polar surface area (TPSA) is 75.8 Å². The molecule has 3 N–H and O–H groups in total. The van der Waals surface area contributed by atoms with Crippen LogP contribution in [-0.2, 0) is 9.53 Å². The zero-order valence-electron chi connectivity index (χ0n) is 11.3. The molecule has 0 aliphatic carbocycles. The Bertz CT molecular complexity index is 240. The Balaban J connectivity index is 2.10. The van der Waals surface area contributed by atoms with Gasteiger partial charge in [-0.25, -0.2) is 0 Å². The Morgan fingerprint density at radius 2 is 2.17 bits per heavy atom. The average molecular weight is 258 g/mol. The number of hydrogen-bond donors (Lipinski definition) is 2. The third-order valence-corrected chi connectivity index (χ3v) is 3.41. The second-order valence-electron chi connectivity index (χ2n) is 5.06. The van der Waals surface area contributed by atoms with E-state index in [0.29, 0.717) is 13.2 Å². The lowest BCUT2D eigenvalue weighted by atomic mass is 9.96. The number of rotatable bonds is 8. The first-order valence-electron chi connectivity index (χ1n) is 6.91. The van der Waals surface area contributed by atoms with Crippen LogP contribution >= 0.6 is 0 Å². The molecule has 0 aromatic rings. The molecule has 1 atom stereocenters. The highest BCUT2D eigenvalue weighted by molar-refractivity contribution is 5.76. The minimum atomic E-state index is -0.438. The largest absolute Gasteiger partial charge is 0.389 e. The summed E-state index contributed by atoms with van der Waals surface area (Å²) in [5.41, 5.74) is 5.28. The summed E-state index contributed by atoms with van der Waals surface area (Å²) in [5, 5.41) is 9.82. The number of ether oxygens (including phenoxy) is 1. The first kappa shape index (κ1) is 15.4. The number of β-amino-alcohol motifs (C(OH)–C–C–N with tert-alkyl or cyclic N) is 1. The Hall–Kier alpha value is -0.650. The zero-order valence-corrected chi connectivity index (χ0v) is 11.3. The maximum atomic E-state index is 11.0. The van der Waals surface area contributed by atoms with Crippen molar-refractivity contribution in [3.63, 3.8) is 0 Å². The van der Waals surface area contributed by atoms with Crippen LogP contribution in [0.25, 0.3) is 0 Å². The molecule has 0 saturated carbocycles. The number of hydrogen-bond acceptors (Lipinski definition) is 4. The van der Waals surface area contributed by atoms with Crippen LogP contribution in [0.15, 0.2) is 0 Å². The van der Waals surface area contributed by atoms with Gasteiger partial charge in [-0.15, -0.1) is 0 Å². The molecule has 0 radical (unpaired) electrons. The van der Waals surface area contributed by atoms with Gasteiger partial charge in [0.1, 0.15) is 0 Å². The normalized spacial score (nSPS) is 19.9. The third kappa shape index (κ3) is 5.80. The smallest absolute Gasteiger partial charge is 0.220 e. The number of unbranched alkanes of at least 4 members (excludes halogenated alkanes) is 1. The fourth-order valence-electron chi connectivity index (χ4n) is 2.22. The van der Waals surface area contributed by atoms with Gasteiger partial charge in [0.15, 0.2) is 0 Å². The van der Waals surface area contributed by atoms with Crippen LogP contribution in [0.1, 0.15) is 32.6 Å². The Morgan fingerprint density at radius 3 is 2.72 bits per heavy atom. The molecule has 1 heterocycles. The van der Waals surface area contributed by atoms with Crippen molar-refractivity contribution in [3.8, 4) is 0 Å². The van der Waals surface area contributed by atoms with Crippen molar-refractivity contribution < 1.29 is 14.6 Å². The van der Waals surface area contributed by atoms with E-state index >= 15 is 0 Å². The van der Waals surface area contributed by atoms with E-state index in [1.165, 1.54) is 0 Å². The fourth-order valence-corrected chi connectivity index (χ4v) is 2.22. The van der Waals surface area contributed by atoms with Crippen LogP contribution in [0, 0.1) is 5.92 Å². The van der Waals surface area contributed by atoms with Crippen LogP contribution < -0.4 is 5.73 Å². The monoisotopic (exact) mass is 258 g/mol. The molecule has 5 heteroatoms. The van der Waals surface area contributed by atoms with Crippen LogP contribution in [0.5, 0.6) is 0 Å². The number of likely N-dealkylation sites (tertiary alicyclic amines) is 1. The summed E-state index contributed by atoms with van der Waals surface area (Å²) in [6.07, 6.45) is 3.32. The number of nitrogens with two attached hydrogens (primary N) is 1. The molecule has 0 bridgehead atoms. The van der Waals surface area contributed by atoms with Gasteiger partial charge in [0.25, 0.3) is 0 Å². The van der Waals surface area contributed by atoms with Gasteiger partial charge >= 0.3 is 0 Å². The minimum Gasteiger partial charge on any atom is -0.389 e. The lowest BCUT2D eigenvalue weighted by molar-refractivity contribution is -0.123. The summed E-state index contributed by atoms with van der Waals surface area (Å²) in [4.78, 5) is 13.2. The van der Waals surface area contributed by atoms with Gasteiger partial charge in [-0.2, -0.15) is 0 Å². The first-order valence-corrected chi connectivity index (χ1v) is 6.91. The molecule has 1 amide bonds. The summed E-state index contributed by atoms with van der Waals surface area (Å²) >= 11 is 0. The summed E-state index contributed by atoms with van der Waals surface area (Å²) in [6, 6.07) is 0. The second-order valence-corrected chi connectivity index (χ2v) is 5.06. The number of aliphatic hydroxyl groups excluding tert-OH is 1. The number of carbonyl (C=O) groups is 1. The number of nitrogens with zero attached hydrogens (tertiary/aromatic N) is 1. The van der Waals surface area contributed by atoms with Crippen LogP contribution in [0.2, 0.25) is 0 Å². The Kier molecular flexibility index (Phi) is 7.23. The van der Waals surface area contributed by atoms with Gasteiger partial charge in [0, 0.05) is 19.1 Å². The predicted molar refractivity (Wildman–Crippen MR) is 70.1 cm³/mol. The zero-order chi connectivity index (χ0) is 13.4. The summed E-state index contributed by atoms with van der Waals surface area (Å²) < 4.78 is 5.39. The van der Waals surface area contributed by atoms with Crippen molar-refractivity contribution in [3.05, 3.63) is 0 Å². The van der Waals surface area contributed by atoms with E-state index in [0.717, 1.165) is 45.4 Å². The fraction of sp³-hybridized carbons (Fsp3) is 0.923. The molecule has 1 rings (SSSR count). The van der Waals surface area contributed by atoms with Crippen molar-refractivity contribution >= 4 is 5.91 Å². The highest BCUT2D eigenvalue weighted by atomic mass is 16.5. The van der Waals surface area contributed by atoms with E-state index in [-0.39, 0.29) is 11.8 Å². The van der Waals surface area contributed by atoms with Crippen molar-refractivity contribution in [1.82, 2.24) is 4.90 Å². The van der Waals surface area contributed by atoms with Crippen molar-refractivity contribution in [2.45, 2.75) is 38.7 Å². The van der Waals surface area contributed by atoms with E-state index < -0.39 is 6.10 Å². The van der Waals surface area contributed by atoms with Crippen LogP contribution in [-0.4, -0.2) is 54.9 Å². The van der Waals surface area contributed by atoms with Gasteiger partial charge in [-0.05, 0) is 32.4 Å². The van der Waals surface area contributed by atoms with Crippen molar-refractivity contribution in [1.29, 1.82) is 0 Å². The molecule has 0 aromatic carbocycles. The molecule has 0 spiro atoms. The second kappa shape index (κ2) is 8.45. The average Bonchev–Trinajstić information content (AvgIpc) is 2.35. The van der Waals surface area contributed by atoms with E-state index in [1.807, 2.05) is 0 Å². The third-order valence-electron chi connectivity index (χ3n) is 3.41. The lowest BCUT2D eigenvalue weighted by Crippen LogP contribution is -2.42. The van der Waals surface area contributed by atoms with Gasteiger partial charge in [0.2, 0.25) is 5.91 Å². The molecule has 18 heavy (non-hydrogen) atoms. The van der Waals surface area contributed by atoms with Crippen LogP contribution in [0.3, 0.4) is 0 Å². The molecular formula is C13H26N2O3. The standard InChI is InChI=1S/C13H26N2O3/c1-2-3-8-18-10-12(16)9-15-6-4-11(5-7-15)13(14)17/h11-12,16H,2-10H2,1H3,(H2,14,17). The molecular weight excluding hydrogens is 232 g/mol. The van der Waals surface area contributed by atoms with E-state index in [4.69, 9.17) is 10.5 Å². The summed E-state index contributed by atoms with van der Waals surface area (Å²) in [6.45, 7) is 5.52. The molecule has 1 fully saturated rings. The van der Waals surface area contributed by atoms with Gasteiger partial charge in [0.05, 0.1) is 12.7 Å². The maximum absolute atomic E-state index is 11.0. The number of piperidine rings is 1. The number of amides is 1. The maximum Gasteiger partial charge on any atom is 0.220 e. The van der Waals surface area contributed by atoms with Crippen molar-refractivity contribution in [2.24, 2.45) is 11.7 Å². The quantitative estimate of drug-likeness (QED) is 0.616. The SMILES string of the molecule is CCCCOCC(O)CN1CCC(C(N)=O)CC1. The highest BCUT2D eigenvalue weighted by Crippen LogP contribution is 2.16. The molecule has 1 unspecified atom stereocenters. The molecule has 1 aliphatic rings. The predicted octanol–water partition coefficient (Wildman–Crippen LogP) is 0.361. The first-order chi connectivity index (χ1) is 8.63. The highest BCUT2D eigenvalue weighted by Gasteiger charge is 2.24. The molecule has 1 saturated heterocycles. The Labute approximate surface area is 109 Å². The van der Waals surface area contributed by atoms with Crippen molar-refractivity contribution in [2.75, 3.05) is 32.8 Å². The number of carbonyl (C=O) groups excluding carboxylic acids is 1. The lowest BCUT2D eigenvalue weighted by Gasteiger charge is -2.31. The van der Waals surface area contributed by atoms with Gasteiger partial charge in [-0.1, -0.05) is 13.3 Å². The van der Waals surface area contributed by atoms with Gasteiger partial charge < -0.3 is 20.5 Å². The molecule has 0 aromatic heterocycles.